The van der Waals surface area contributed by atoms with Gasteiger partial charge in [-0.2, -0.15) is 0 Å². The van der Waals surface area contributed by atoms with Gasteiger partial charge in [0, 0.05) is 0 Å². The minimum Gasteiger partial charge on any atom is -0.497 e. The van der Waals surface area contributed by atoms with E-state index in [4.69, 9.17) is 9.84 Å². The van der Waals surface area contributed by atoms with E-state index in [1.807, 2.05) is 44.2 Å². The van der Waals surface area contributed by atoms with Crippen LogP contribution in [-0.2, 0) is 9.59 Å². The van der Waals surface area contributed by atoms with Crippen molar-refractivity contribution < 1.29 is 19.4 Å². The number of aliphatic carboxylic acids is 1. The molecular weight excluding hydrogens is 258 g/mol. The molecule has 0 saturated carbocycles. The summed E-state index contributed by atoms with van der Waals surface area (Å²) in [4.78, 5) is 20.2. The lowest BCUT2D eigenvalue weighted by atomic mass is 10.1. The molecule has 0 spiro atoms. The van der Waals surface area contributed by atoms with E-state index in [0.717, 1.165) is 5.75 Å². The van der Waals surface area contributed by atoms with Crippen LogP contribution >= 0.6 is 0 Å². The molecule has 0 aliphatic rings. The summed E-state index contributed by atoms with van der Waals surface area (Å²) >= 11 is 0. The number of carboxylic acids is 1. The van der Waals surface area contributed by atoms with Crippen LogP contribution in [0.4, 0.5) is 0 Å². The summed E-state index contributed by atoms with van der Waals surface area (Å²) in [5.41, 5.74) is 0. The first kappa shape index (κ1) is 20.3. The van der Waals surface area contributed by atoms with Crippen molar-refractivity contribution in [1.82, 2.24) is 5.32 Å². The van der Waals surface area contributed by atoms with Crippen molar-refractivity contribution in [2.75, 3.05) is 7.11 Å². The van der Waals surface area contributed by atoms with Crippen molar-refractivity contribution in [2.45, 2.75) is 33.7 Å². The van der Waals surface area contributed by atoms with Gasteiger partial charge < -0.3 is 15.2 Å². The van der Waals surface area contributed by atoms with E-state index in [2.05, 4.69) is 5.32 Å². The molecule has 1 aromatic rings. The monoisotopic (exact) mass is 283 g/mol. The van der Waals surface area contributed by atoms with Crippen LogP contribution in [0.15, 0.2) is 30.3 Å². The Morgan fingerprint density at radius 3 is 1.95 bits per heavy atom. The molecule has 114 valence electrons. The number of methoxy groups -OCH3 is 1. The first-order valence-corrected chi connectivity index (χ1v) is 6.54. The highest BCUT2D eigenvalue weighted by molar-refractivity contribution is 5.76. The van der Waals surface area contributed by atoms with Gasteiger partial charge in [0.1, 0.15) is 11.8 Å². The van der Waals surface area contributed by atoms with Crippen molar-refractivity contribution in [3.8, 4) is 5.75 Å². The maximum atomic E-state index is 10.3. The van der Waals surface area contributed by atoms with Crippen LogP contribution in [0.3, 0.4) is 0 Å². The molecule has 0 heterocycles. The van der Waals surface area contributed by atoms with Crippen LogP contribution in [-0.4, -0.2) is 30.6 Å². The van der Waals surface area contributed by atoms with E-state index in [1.165, 1.54) is 0 Å². The highest BCUT2D eigenvalue weighted by Crippen LogP contribution is 2.05. The van der Waals surface area contributed by atoms with Crippen LogP contribution in [0.25, 0.3) is 0 Å². The van der Waals surface area contributed by atoms with E-state index >= 15 is 0 Å². The quantitative estimate of drug-likeness (QED) is 0.814. The van der Waals surface area contributed by atoms with Crippen LogP contribution in [0.5, 0.6) is 5.75 Å². The summed E-state index contributed by atoms with van der Waals surface area (Å²) in [6, 6.07) is 8.91. The Morgan fingerprint density at radius 2 is 1.75 bits per heavy atom. The zero-order chi connectivity index (χ0) is 16.0. The Balaban J connectivity index is 0. The summed E-state index contributed by atoms with van der Waals surface area (Å²) in [6.45, 7) is 7.46. The predicted molar refractivity (Wildman–Crippen MR) is 79.8 cm³/mol. The lowest BCUT2D eigenvalue weighted by Crippen LogP contribution is -2.39. The Kier molecular flexibility index (Phi) is 13.6. The molecule has 1 unspecified atom stereocenters. The van der Waals surface area contributed by atoms with Crippen molar-refractivity contribution >= 4 is 12.4 Å². The lowest BCUT2D eigenvalue weighted by Gasteiger charge is -2.13. The Hall–Kier alpha value is -2.04. The average Bonchev–Trinajstić information content (AvgIpc) is 2.47. The highest BCUT2D eigenvalue weighted by atomic mass is 16.5. The van der Waals surface area contributed by atoms with Crippen LogP contribution in [0.1, 0.15) is 27.7 Å². The number of hydrogen-bond donors (Lipinski definition) is 2. The minimum atomic E-state index is -0.998. The number of benzene rings is 1. The molecule has 1 rings (SSSR count). The first-order chi connectivity index (χ1) is 9.52. The van der Waals surface area contributed by atoms with Gasteiger partial charge in [0.05, 0.1) is 7.11 Å². The van der Waals surface area contributed by atoms with E-state index < -0.39 is 12.0 Å². The SMILES string of the molecule is CC.CC(C)C(NC=O)C(=O)O.COc1ccccc1. The third kappa shape index (κ3) is 9.94. The summed E-state index contributed by atoms with van der Waals surface area (Å²) in [5, 5.41) is 10.7. The van der Waals surface area contributed by atoms with Gasteiger partial charge in [0.2, 0.25) is 6.41 Å². The van der Waals surface area contributed by atoms with Crippen molar-refractivity contribution in [3.05, 3.63) is 30.3 Å². The fourth-order valence-corrected chi connectivity index (χ4v) is 1.18. The number of ether oxygens (including phenoxy) is 1. The van der Waals surface area contributed by atoms with Gasteiger partial charge in [-0.05, 0) is 18.1 Å². The molecule has 0 saturated heterocycles. The normalized spacial score (nSPS) is 10.1. The number of amides is 1. The second-order valence-corrected chi connectivity index (χ2v) is 3.86. The zero-order valence-electron chi connectivity index (χ0n) is 12.8. The van der Waals surface area contributed by atoms with Gasteiger partial charge in [0.25, 0.3) is 0 Å². The summed E-state index contributed by atoms with van der Waals surface area (Å²) < 4.78 is 4.91. The van der Waals surface area contributed by atoms with Gasteiger partial charge in [-0.15, -0.1) is 0 Å². The number of rotatable bonds is 5. The number of nitrogens with one attached hydrogen (secondary N) is 1. The molecule has 0 aliphatic carbocycles. The molecule has 0 aromatic heterocycles. The highest BCUT2D eigenvalue weighted by Gasteiger charge is 2.19. The van der Waals surface area contributed by atoms with Crippen molar-refractivity contribution in [3.63, 3.8) is 0 Å². The van der Waals surface area contributed by atoms with Crippen LogP contribution < -0.4 is 10.1 Å². The summed E-state index contributed by atoms with van der Waals surface area (Å²) in [6.07, 6.45) is 0.402. The smallest absolute Gasteiger partial charge is 0.326 e. The largest absolute Gasteiger partial charge is 0.497 e. The number of carbonyl (C=O) groups excluding carboxylic acids is 1. The first-order valence-electron chi connectivity index (χ1n) is 6.54. The molecule has 0 radical (unpaired) electrons. The second kappa shape index (κ2) is 13.4. The third-order valence-electron chi connectivity index (χ3n) is 2.16. The predicted octanol–water partition coefficient (Wildman–Crippen LogP) is 2.56. The molecule has 0 bridgehead atoms. The maximum absolute atomic E-state index is 10.3. The molecule has 1 aromatic carbocycles. The summed E-state index contributed by atoms with van der Waals surface area (Å²) in [5.74, 6) is -0.169. The molecule has 5 heteroatoms. The second-order valence-electron chi connectivity index (χ2n) is 3.86. The number of hydrogen-bond acceptors (Lipinski definition) is 3. The maximum Gasteiger partial charge on any atom is 0.326 e. The van der Waals surface area contributed by atoms with Crippen molar-refractivity contribution in [1.29, 1.82) is 0 Å². The average molecular weight is 283 g/mol. The van der Waals surface area contributed by atoms with Gasteiger partial charge in [-0.25, -0.2) is 4.79 Å². The molecule has 1 atom stereocenters. The Bertz CT molecular complexity index is 352. The molecule has 20 heavy (non-hydrogen) atoms. The summed E-state index contributed by atoms with van der Waals surface area (Å²) in [7, 11) is 1.66. The zero-order valence-corrected chi connectivity index (χ0v) is 12.8. The topological polar surface area (TPSA) is 75.6 Å². The fraction of sp³-hybridized carbons (Fsp3) is 0.467. The van der Waals surface area contributed by atoms with Gasteiger partial charge in [-0.1, -0.05) is 45.9 Å². The molecule has 1 amide bonds. The number of carbonyl (C=O) groups is 2. The van der Waals surface area contributed by atoms with E-state index in [1.54, 1.807) is 21.0 Å². The van der Waals surface area contributed by atoms with E-state index in [9.17, 15) is 9.59 Å². The van der Waals surface area contributed by atoms with Crippen LogP contribution in [0.2, 0.25) is 0 Å². The molecular formula is C15H25NO4. The Morgan fingerprint density at radius 1 is 1.25 bits per heavy atom. The van der Waals surface area contributed by atoms with Gasteiger partial charge in [-0.3, -0.25) is 4.79 Å². The van der Waals surface area contributed by atoms with E-state index in [0.29, 0.717) is 6.41 Å². The van der Waals surface area contributed by atoms with Crippen molar-refractivity contribution in [2.24, 2.45) is 5.92 Å². The molecule has 2 N–H and O–H groups in total. The van der Waals surface area contributed by atoms with Gasteiger partial charge in [0.15, 0.2) is 0 Å². The Labute approximate surface area is 121 Å². The third-order valence-corrected chi connectivity index (χ3v) is 2.16. The fourth-order valence-electron chi connectivity index (χ4n) is 1.18. The number of para-hydroxylation sites is 1. The van der Waals surface area contributed by atoms with E-state index in [-0.39, 0.29) is 5.92 Å². The standard InChI is InChI=1S/C7H8O.C6H11NO3.C2H6/c1-8-7-5-3-2-4-6-7;1-4(2)5(6(9)10)7-3-8;1-2/h2-6H,1H3;3-5H,1-2H3,(H,7,8)(H,9,10);1-2H3. The molecule has 0 aliphatic heterocycles. The van der Waals surface area contributed by atoms with Gasteiger partial charge >= 0.3 is 5.97 Å². The molecule has 0 fully saturated rings. The number of carboxylic acid groups (broad SMARTS) is 1. The minimum absolute atomic E-state index is 0.0808. The molecule has 5 nitrogen and oxygen atoms in total. The lowest BCUT2D eigenvalue weighted by molar-refractivity contribution is -0.141. The van der Waals surface area contributed by atoms with Crippen LogP contribution in [0, 0.1) is 5.92 Å².